The maximum absolute atomic E-state index is 13.4. The molecule has 4 rings (SSSR count). The summed E-state index contributed by atoms with van der Waals surface area (Å²) in [5.41, 5.74) is 7.71. The molecule has 0 aliphatic carbocycles. The van der Waals surface area contributed by atoms with Gasteiger partial charge in [-0.2, -0.15) is 0 Å². The Morgan fingerprint density at radius 1 is 1.00 bits per heavy atom. The van der Waals surface area contributed by atoms with Crippen LogP contribution in [0.3, 0.4) is 0 Å². The fraction of sp³-hybridized carbons (Fsp3) is 0.231. The van der Waals surface area contributed by atoms with Gasteiger partial charge in [-0.3, -0.25) is 10.2 Å². The van der Waals surface area contributed by atoms with Gasteiger partial charge in [-0.1, -0.05) is 0 Å². The third-order valence-electron chi connectivity index (χ3n) is 5.64. The highest BCUT2D eigenvalue weighted by atomic mass is 19.1. The lowest BCUT2D eigenvalue weighted by atomic mass is 10.1. The molecule has 2 aromatic rings. The molecule has 8 nitrogen and oxygen atoms in total. The van der Waals surface area contributed by atoms with Crippen LogP contribution >= 0.6 is 0 Å². The van der Waals surface area contributed by atoms with Gasteiger partial charge in [0.2, 0.25) is 0 Å². The topological polar surface area (TPSA) is 107 Å². The van der Waals surface area contributed by atoms with Gasteiger partial charge in [-0.25, -0.2) is 18.8 Å². The molecule has 2 heterocycles. The van der Waals surface area contributed by atoms with Crippen LogP contribution in [0.1, 0.15) is 12.5 Å². The molecule has 2 aliphatic heterocycles. The smallest absolute Gasteiger partial charge is 0.260 e. The highest BCUT2D eigenvalue weighted by Gasteiger charge is 2.26. The first-order valence-electron chi connectivity index (χ1n) is 11.4. The lowest BCUT2D eigenvalue weighted by molar-refractivity contribution is -0.134. The van der Waals surface area contributed by atoms with Gasteiger partial charge in [-0.15, -0.1) is 0 Å². The van der Waals surface area contributed by atoms with Gasteiger partial charge in [0.1, 0.15) is 23.1 Å². The van der Waals surface area contributed by atoms with Crippen LogP contribution in [0.25, 0.3) is 0 Å². The molecule has 1 saturated heterocycles. The molecular formula is C26H26F2N6O2. The van der Waals surface area contributed by atoms with Gasteiger partial charge in [0.25, 0.3) is 5.91 Å². The number of hydrogen-bond donors (Lipinski definition) is 2. The van der Waals surface area contributed by atoms with Crippen molar-refractivity contribution in [1.82, 2.24) is 9.80 Å². The van der Waals surface area contributed by atoms with Crippen LogP contribution in [0, 0.1) is 17.0 Å². The monoisotopic (exact) mass is 492 g/mol. The summed E-state index contributed by atoms with van der Waals surface area (Å²) >= 11 is 0. The second kappa shape index (κ2) is 10.9. The number of amides is 1. The van der Waals surface area contributed by atoms with Crippen LogP contribution in [0.15, 0.2) is 82.2 Å². The first-order valence-corrected chi connectivity index (χ1v) is 11.4. The van der Waals surface area contributed by atoms with E-state index >= 15 is 0 Å². The summed E-state index contributed by atoms with van der Waals surface area (Å²) in [4.78, 5) is 25.4. The Hall–Kier alpha value is -4.34. The van der Waals surface area contributed by atoms with Crippen molar-refractivity contribution in [3.63, 3.8) is 0 Å². The summed E-state index contributed by atoms with van der Waals surface area (Å²) in [6.45, 7) is 3.24. The van der Waals surface area contributed by atoms with Crippen molar-refractivity contribution in [3.05, 3.63) is 89.4 Å². The van der Waals surface area contributed by atoms with Crippen molar-refractivity contribution in [3.8, 4) is 5.75 Å². The molecule has 186 valence electrons. The molecule has 0 aromatic heterocycles. The molecular weight excluding hydrogens is 466 g/mol. The van der Waals surface area contributed by atoms with Gasteiger partial charge in [0.15, 0.2) is 12.4 Å². The molecule has 10 heteroatoms. The standard InChI is InChI=1S/C26H26F2N6O2/c1-17(29)31-26(25-22(30)10-11-23(32-25)18-2-4-19(27)5-3-18)34-14-12-33(13-15-34)24(35)16-36-21-8-6-20(28)7-9-21/h2-11,30H,12-16H2,1H3,(H2,29,31)/b26-25-,30-22?. The number of rotatable bonds is 6. The minimum atomic E-state index is -0.374. The lowest BCUT2D eigenvalue weighted by Crippen LogP contribution is -2.49. The number of carbonyl (C=O) groups excluding carboxylic acids is 1. The minimum Gasteiger partial charge on any atom is -0.484 e. The average Bonchev–Trinajstić information content (AvgIpc) is 2.88. The molecule has 2 aromatic carbocycles. The first kappa shape index (κ1) is 24.8. The first-order chi connectivity index (χ1) is 17.3. The molecule has 0 saturated carbocycles. The Morgan fingerprint density at radius 2 is 1.58 bits per heavy atom. The predicted octanol–water partition coefficient (Wildman–Crippen LogP) is 3.11. The van der Waals surface area contributed by atoms with Crippen molar-refractivity contribution in [2.45, 2.75) is 6.92 Å². The molecule has 0 bridgehead atoms. The Labute approximate surface area is 207 Å². The lowest BCUT2D eigenvalue weighted by Gasteiger charge is -2.36. The van der Waals surface area contributed by atoms with E-state index in [1.807, 2.05) is 4.90 Å². The Bertz CT molecular complexity index is 1250. The van der Waals surface area contributed by atoms with Crippen molar-refractivity contribution in [1.29, 1.82) is 5.41 Å². The summed E-state index contributed by atoms with van der Waals surface area (Å²) in [6.07, 6.45) is 3.32. The van der Waals surface area contributed by atoms with Crippen molar-refractivity contribution >= 4 is 23.2 Å². The van der Waals surface area contributed by atoms with E-state index < -0.39 is 0 Å². The van der Waals surface area contributed by atoms with Crippen LogP contribution in [-0.4, -0.2) is 65.8 Å². The summed E-state index contributed by atoms with van der Waals surface area (Å²) < 4.78 is 31.9. The molecule has 0 unspecified atom stereocenters. The number of nitrogens with one attached hydrogen (secondary N) is 1. The number of benzene rings is 2. The Kier molecular flexibility index (Phi) is 7.53. The number of carbonyl (C=O) groups is 1. The number of allylic oxidation sites excluding steroid dienone is 2. The number of ether oxygens (including phenoxy) is 1. The maximum Gasteiger partial charge on any atom is 0.260 e. The Morgan fingerprint density at radius 3 is 2.19 bits per heavy atom. The van der Waals surface area contributed by atoms with E-state index in [4.69, 9.17) is 15.9 Å². The predicted molar refractivity (Wildman–Crippen MR) is 134 cm³/mol. The summed E-state index contributed by atoms with van der Waals surface area (Å²) in [5, 5.41) is 8.43. The van der Waals surface area contributed by atoms with Crippen LogP contribution < -0.4 is 10.5 Å². The zero-order valence-corrected chi connectivity index (χ0v) is 19.7. The van der Waals surface area contributed by atoms with Gasteiger partial charge < -0.3 is 20.3 Å². The third-order valence-corrected chi connectivity index (χ3v) is 5.64. The van der Waals surface area contributed by atoms with Crippen LogP contribution in [0.4, 0.5) is 8.78 Å². The molecule has 3 N–H and O–H groups in total. The molecule has 0 atom stereocenters. The molecule has 2 aliphatic rings. The van der Waals surface area contributed by atoms with E-state index in [-0.39, 0.29) is 29.9 Å². The Balaban J connectivity index is 1.48. The molecule has 1 amide bonds. The summed E-state index contributed by atoms with van der Waals surface area (Å²) in [7, 11) is 0. The molecule has 36 heavy (non-hydrogen) atoms. The van der Waals surface area contributed by atoms with Crippen LogP contribution in [-0.2, 0) is 4.79 Å². The number of halogens is 2. The zero-order chi connectivity index (χ0) is 25.7. The highest BCUT2D eigenvalue weighted by Crippen LogP contribution is 2.22. The quantitative estimate of drug-likeness (QED) is 0.477. The normalized spacial score (nSPS) is 17.7. The SMILES string of the molecule is C/C(N)=N\C(=C1\N=C(c2ccc(F)cc2)C=CC1=N)N1CCN(C(=O)COc2ccc(F)cc2)CC1. The van der Waals surface area contributed by atoms with Crippen LogP contribution in [0.2, 0.25) is 0 Å². The van der Waals surface area contributed by atoms with Crippen molar-refractivity contribution in [2.24, 2.45) is 15.7 Å². The van der Waals surface area contributed by atoms with E-state index in [0.717, 1.165) is 0 Å². The number of nitrogens with two attached hydrogens (primary N) is 1. The van der Waals surface area contributed by atoms with E-state index in [0.29, 0.717) is 60.6 Å². The molecule has 0 radical (unpaired) electrons. The number of hydrogen-bond acceptors (Lipinski definition) is 6. The van der Waals surface area contributed by atoms with Crippen molar-refractivity contribution in [2.75, 3.05) is 32.8 Å². The van der Waals surface area contributed by atoms with Crippen molar-refractivity contribution < 1.29 is 18.3 Å². The number of amidine groups is 1. The number of aliphatic imine (C=N–C) groups is 2. The second-order valence-electron chi connectivity index (χ2n) is 8.29. The van der Waals surface area contributed by atoms with Gasteiger partial charge in [0, 0.05) is 31.7 Å². The fourth-order valence-corrected chi connectivity index (χ4v) is 3.79. The number of nitrogens with zero attached hydrogens (tertiary/aromatic N) is 4. The third kappa shape index (κ3) is 6.01. The maximum atomic E-state index is 13.4. The molecule has 0 spiro atoms. The van der Waals surface area contributed by atoms with E-state index in [1.165, 1.54) is 36.4 Å². The van der Waals surface area contributed by atoms with Gasteiger partial charge in [-0.05, 0) is 67.6 Å². The van der Waals surface area contributed by atoms with E-state index in [1.54, 1.807) is 36.1 Å². The van der Waals surface area contributed by atoms with Crippen LogP contribution in [0.5, 0.6) is 5.75 Å². The minimum absolute atomic E-state index is 0.152. The zero-order valence-electron chi connectivity index (χ0n) is 19.7. The van der Waals surface area contributed by atoms with E-state index in [2.05, 4.69) is 9.98 Å². The van der Waals surface area contributed by atoms with Gasteiger partial charge >= 0.3 is 0 Å². The average molecular weight is 493 g/mol. The fourth-order valence-electron chi connectivity index (χ4n) is 3.79. The van der Waals surface area contributed by atoms with E-state index in [9.17, 15) is 13.6 Å². The highest BCUT2D eigenvalue weighted by molar-refractivity contribution is 6.20. The number of dihydropyridines is 1. The summed E-state index contributed by atoms with van der Waals surface area (Å²) in [6, 6.07) is 11.5. The largest absolute Gasteiger partial charge is 0.484 e. The molecule has 1 fully saturated rings. The summed E-state index contributed by atoms with van der Waals surface area (Å²) in [5.74, 6) is 0.268. The second-order valence-corrected chi connectivity index (χ2v) is 8.29. The van der Waals surface area contributed by atoms with Gasteiger partial charge in [0.05, 0.1) is 17.3 Å². The number of piperazine rings is 1.